The van der Waals surface area contributed by atoms with E-state index in [0.717, 1.165) is 25.2 Å². The first-order valence-electron chi connectivity index (χ1n) is 10.1. The molecule has 2 N–H and O–H groups in total. The lowest BCUT2D eigenvalue weighted by Gasteiger charge is -2.22. The van der Waals surface area contributed by atoms with Gasteiger partial charge in [0.05, 0.1) is 13.7 Å². The minimum atomic E-state index is -0.612. The summed E-state index contributed by atoms with van der Waals surface area (Å²) in [6.07, 6.45) is -0.612. The molecule has 6 heteroatoms. The average Bonchev–Trinajstić information content (AvgIpc) is 2.72. The van der Waals surface area contributed by atoms with Crippen molar-refractivity contribution in [2.24, 2.45) is 0 Å². The second kappa shape index (κ2) is 12.4. The zero-order valence-corrected chi connectivity index (χ0v) is 17.8. The lowest BCUT2D eigenvalue weighted by molar-refractivity contribution is 0.0732. The van der Waals surface area contributed by atoms with Crippen LogP contribution in [0.15, 0.2) is 48.5 Å². The monoisotopic (exact) mass is 402 g/mol. The smallest absolute Gasteiger partial charge is 0.161 e. The van der Waals surface area contributed by atoms with Gasteiger partial charge >= 0.3 is 0 Å². The van der Waals surface area contributed by atoms with Crippen LogP contribution in [0.2, 0.25) is 0 Å². The first-order valence-corrected chi connectivity index (χ1v) is 10.1. The Hall–Kier alpha value is -2.12. The Bertz CT molecular complexity index is 711. The molecule has 0 saturated heterocycles. The van der Waals surface area contributed by atoms with Crippen LogP contribution in [0, 0.1) is 0 Å². The average molecular weight is 403 g/mol. The van der Waals surface area contributed by atoms with E-state index in [9.17, 15) is 10.2 Å². The number of hydrogen-bond donors (Lipinski definition) is 2. The van der Waals surface area contributed by atoms with Crippen LogP contribution >= 0.6 is 0 Å². The van der Waals surface area contributed by atoms with E-state index in [1.54, 1.807) is 7.11 Å². The Morgan fingerprint density at radius 2 is 1.76 bits per heavy atom. The topological polar surface area (TPSA) is 65.4 Å². The van der Waals surface area contributed by atoms with E-state index in [1.807, 2.05) is 43.4 Å². The molecule has 0 spiro atoms. The van der Waals surface area contributed by atoms with E-state index < -0.39 is 6.10 Å². The molecular formula is C23H34N2O4. The molecule has 0 bridgehead atoms. The molecule has 0 aliphatic heterocycles. The third-order valence-electron chi connectivity index (χ3n) is 4.75. The second-order valence-corrected chi connectivity index (χ2v) is 7.22. The summed E-state index contributed by atoms with van der Waals surface area (Å²) in [4.78, 5) is 4.23. The molecule has 160 valence electrons. The maximum Gasteiger partial charge on any atom is 0.161 e. The fraction of sp³-hybridized carbons (Fsp3) is 0.478. The molecule has 2 rings (SSSR count). The quantitative estimate of drug-likeness (QED) is 0.536. The van der Waals surface area contributed by atoms with Gasteiger partial charge in [0.1, 0.15) is 12.7 Å². The van der Waals surface area contributed by atoms with Crippen molar-refractivity contribution in [3.8, 4) is 11.5 Å². The predicted molar refractivity (Wildman–Crippen MR) is 115 cm³/mol. The Kier molecular flexibility index (Phi) is 9.94. The largest absolute Gasteiger partial charge is 0.493 e. The summed E-state index contributed by atoms with van der Waals surface area (Å²) >= 11 is 0. The molecule has 29 heavy (non-hydrogen) atoms. The number of aliphatic hydroxyl groups is 2. The van der Waals surface area contributed by atoms with Crippen molar-refractivity contribution in [1.82, 2.24) is 9.80 Å². The lowest BCUT2D eigenvalue weighted by Crippen LogP contribution is -2.32. The third-order valence-corrected chi connectivity index (χ3v) is 4.75. The van der Waals surface area contributed by atoms with Crippen LogP contribution in [0.4, 0.5) is 0 Å². The maximum absolute atomic E-state index is 10.4. The van der Waals surface area contributed by atoms with E-state index >= 15 is 0 Å². The minimum absolute atomic E-state index is 0.135. The van der Waals surface area contributed by atoms with E-state index in [0.29, 0.717) is 24.6 Å². The molecule has 1 atom stereocenters. The molecule has 0 aliphatic rings. The van der Waals surface area contributed by atoms with Crippen LogP contribution in [0.3, 0.4) is 0 Å². The highest BCUT2D eigenvalue weighted by atomic mass is 16.5. The van der Waals surface area contributed by atoms with Crippen LogP contribution < -0.4 is 9.47 Å². The summed E-state index contributed by atoms with van der Waals surface area (Å²) in [5, 5.41) is 19.6. The zero-order chi connectivity index (χ0) is 21.1. The van der Waals surface area contributed by atoms with Gasteiger partial charge in [-0.3, -0.25) is 9.80 Å². The summed E-state index contributed by atoms with van der Waals surface area (Å²) in [6, 6.07) is 16.0. The van der Waals surface area contributed by atoms with Crippen molar-refractivity contribution in [3.63, 3.8) is 0 Å². The highest BCUT2D eigenvalue weighted by Crippen LogP contribution is 2.28. The van der Waals surface area contributed by atoms with Gasteiger partial charge in [0.15, 0.2) is 11.5 Å². The van der Waals surface area contributed by atoms with Crippen molar-refractivity contribution in [3.05, 3.63) is 59.7 Å². The normalized spacial score (nSPS) is 12.4. The van der Waals surface area contributed by atoms with Gasteiger partial charge in [0.25, 0.3) is 0 Å². The molecule has 0 heterocycles. The molecule has 0 amide bonds. The molecule has 6 nitrogen and oxygen atoms in total. The second-order valence-electron chi connectivity index (χ2n) is 7.22. The van der Waals surface area contributed by atoms with Gasteiger partial charge < -0.3 is 19.7 Å². The molecular weight excluding hydrogens is 368 g/mol. The Morgan fingerprint density at radius 3 is 2.41 bits per heavy atom. The van der Waals surface area contributed by atoms with Gasteiger partial charge in [0, 0.05) is 26.2 Å². The standard InChI is InChI=1S/C23H34N2O4/c1-4-25(12-13-26)16-20-10-11-22(28-3)23(14-20)29-18-21(27)17-24(2)15-19-8-6-5-7-9-19/h5-11,14,21,26-27H,4,12-13,15-18H2,1-3H3/t21-/m1/s1. The van der Waals surface area contributed by atoms with E-state index in [4.69, 9.17) is 9.47 Å². The number of rotatable bonds is 13. The summed E-state index contributed by atoms with van der Waals surface area (Å²) in [5.41, 5.74) is 2.28. The van der Waals surface area contributed by atoms with Crippen LogP contribution in [0.1, 0.15) is 18.1 Å². The summed E-state index contributed by atoms with van der Waals surface area (Å²) in [5.74, 6) is 1.26. The molecule has 2 aromatic rings. The fourth-order valence-corrected chi connectivity index (χ4v) is 3.24. The van der Waals surface area contributed by atoms with Crippen molar-refractivity contribution >= 4 is 0 Å². The number of likely N-dealkylation sites (N-methyl/N-ethyl adjacent to an activating group) is 2. The number of nitrogens with zero attached hydrogens (tertiary/aromatic N) is 2. The van der Waals surface area contributed by atoms with Crippen molar-refractivity contribution in [2.45, 2.75) is 26.1 Å². The van der Waals surface area contributed by atoms with Gasteiger partial charge in [0.2, 0.25) is 0 Å². The van der Waals surface area contributed by atoms with Crippen molar-refractivity contribution in [1.29, 1.82) is 0 Å². The van der Waals surface area contributed by atoms with Gasteiger partial charge in [-0.15, -0.1) is 0 Å². The van der Waals surface area contributed by atoms with Crippen LogP contribution in [0.25, 0.3) is 0 Å². The lowest BCUT2D eigenvalue weighted by atomic mass is 10.2. The highest BCUT2D eigenvalue weighted by molar-refractivity contribution is 5.43. The summed E-state index contributed by atoms with van der Waals surface area (Å²) < 4.78 is 11.3. The fourth-order valence-electron chi connectivity index (χ4n) is 3.24. The van der Waals surface area contributed by atoms with Crippen LogP contribution in [-0.4, -0.2) is 73.1 Å². The van der Waals surface area contributed by atoms with Crippen LogP contribution in [-0.2, 0) is 13.1 Å². The minimum Gasteiger partial charge on any atom is -0.493 e. The van der Waals surface area contributed by atoms with Gasteiger partial charge in [-0.1, -0.05) is 43.3 Å². The maximum atomic E-state index is 10.4. The molecule has 2 aromatic carbocycles. The third kappa shape index (κ3) is 8.03. The van der Waals surface area contributed by atoms with Gasteiger partial charge in [-0.05, 0) is 36.9 Å². The number of aliphatic hydroxyl groups excluding tert-OH is 2. The van der Waals surface area contributed by atoms with E-state index in [1.165, 1.54) is 5.56 Å². The first-order chi connectivity index (χ1) is 14.0. The van der Waals surface area contributed by atoms with Gasteiger partial charge in [-0.2, -0.15) is 0 Å². The van der Waals surface area contributed by atoms with E-state index in [-0.39, 0.29) is 13.2 Å². The zero-order valence-electron chi connectivity index (χ0n) is 17.8. The van der Waals surface area contributed by atoms with Crippen molar-refractivity contribution < 1.29 is 19.7 Å². The Morgan fingerprint density at radius 1 is 1.00 bits per heavy atom. The Balaban J connectivity index is 1.91. The number of hydrogen-bond acceptors (Lipinski definition) is 6. The van der Waals surface area contributed by atoms with Crippen molar-refractivity contribution in [2.75, 3.05) is 47.0 Å². The summed E-state index contributed by atoms with van der Waals surface area (Å²) in [7, 11) is 3.59. The molecule has 0 aromatic heterocycles. The molecule has 0 radical (unpaired) electrons. The Labute approximate surface area is 174 Å². The predicted octanol–water partition coefficient (Wildman–Crippen LogP) is 2.38. The summed E-state index contributed by atoms with van der Waals surface area (Å²) in [6.45, 7) is 5.88. The molecule has 0 saturated carbocycles. The van der Waals surface area contributed by atoms with Crippen LogP contribution in [0.5, 0.6) is 11.5 Å². The molecule has 0 unspecified atom stereocenters. The van der Waals surface area contributed by atoms with Gasteiger partial charge in [-0.25, -0.2) is 0 Å². The van der Waals surface area contributed by atoms with E-state index in [2.05, 4.69) is 28.9 Å². The number of methoxy groups -OCH3 is 1. The molecule has 0 aliphatic carbocycles. The SMILES string of the molecule is CCN(CCO)Cc1ccc(OC)c(OC[C@H](O)CN(C)Cc2ccccc2)c1. The highest BCUT2D eigenvalue weighted by Gasteiger charge is 2.13. The number of ether oxygens (including phenoxy) is 2. The molecule has 0 fully saturated rings. The number of benzene rings is 2. The first kappa shape index (κ1) is 23.2.